The molecule has 0 aliphatic rings. The van der Waals surface area contributed by atoms with Gasteiger partial charge in [0, 0.05) is 11.1 Å². The molecule has 4 heteroatoms. The van der Waals surface area contributed by atoms with Crippen molar-refractivity contribution in [2.75, 3.05) is 13.2 Å². The predicted molar refractivity (Wildman–Crippen MR) is 60.2 cm³/mol. The molecule has 1 aromatic rings. The van der Waals surface area contributed by atoms with E-state index in [-0.39, 0.29) is 6.61 Å². The molecule has 0 amide bonds. The Hall–Kier alpha value is -0.890. The van der Waals surface area contributed by atoms with Crippen LogP contribution >= 0.6 is 15.9 Å². The van der Waals surface area contributed by atoms with Gasteiger partial charge in [0.15, 0.2) is 6.10 Å². The van der Waals surface area contributed by atoms with Crippen LogP contribution in [-0.2, 0) is 4.74 Å². The van der Waals surface area contributed by atoms with Crippen molar-refractivity contribution in [3.63, 3.8) is 0 Å². The standard InChI is InChI=1S/C11H12BrNO2/c12-10-4-2-9(3-5-10)11(8-13)15-7-1-6-14/h2-5,11,14H,1,6-7H2. The van der Waals surface area contributed by atoms with Crippen LogP contribution in [0.3, 0.4) is 0 Å². The van der Waals surface area contributed by atoms with Crippen molar-refractivity contribution < 1.29 is 9.84 Å². The van der Waals surface area contributed by atoms with Crippen LogP contribution in [-0.4, -0.2) is 18.3 Å². The highest BCUT2D eigenvalue weighted by Crippen LogP contribution is 2.19. The molecule has 1 aromatic carbocycles. The van der Waals surface area contributed by atoms with E-state index in [4.69, 9.17) is 15.1 Å². The first kappa shape index (κ1) is 12.2. The zero-order chi connectivity index (χ0) is 11.1. The van der Waals surface area contributed by atoms with Crippen molar-refractivity contribution in [1.29, 1.82) is 5.26 Å². The van der Waals surface area contributed by atoms with Crippen LogP contribution in [0.1, 0.15) is 18.1 Å². The van der Waals surface area contributed by atoms with E-state index in [1.807, 2.05) is 24.3 Å². The van der Waals surface area contributed by atoms with Crippen LogP contribution in [0.5, 0.6) is 0 Å². The fourth-order valence-electron chi connectivity index (χ4n) is 1.11. The molecule has 0 fully saturated rings. The Balaban J connectivity index is 2.59. The van der Waals surface area contributed by atoms with Crippen molar-refractivity contribution in [3.8, 4) is 6.07 Å². The van der Waals surface area contributed by atoms with E-state index < -0.39 is 6.10 Å². The van der Waals surface area contributed by atoms with Crippen molar-refractivity contribution >= 4 is 15.9 Å². The third kappa shape index (κ3) is 4.00. The molecule has 0 saturated carbocycles. The summed E-state index contributed by atoms with van der Waals surface area (Å²) < 4.78 is 6.29. The van der Waals surface area contributed by atoms with Gasteiger partial charge in [-0.25, -0.2) is 0 Å². The number of ether oxygens (including phenoxy) is 1. The molecule has 1 unspecified atom stereocenters. The molecule has 0 radical (unpaired) electrons. The summed E-state index contributed by atoms with van der Waals surface area (Å²) in [5.74, 6) is 0. The molecule has 0 heterocycles. The second-order valence-electron chi connectivity index (χ2n) is 3.01. The largest absolute Gasteiger partial charge is 0.396 e. The first-order chi connectivity index (χ1) is 7.27. The Morgan fingerprint density at radius 3 is 2.60 bits per heavy atom. The summed E-state index contributed by atoms with van der Waals surface area (Å²) in [4.78, 5) is 0. The minimum atomic E-state index is -0.551. The zero-order valence-corrected chi connectivity index (χ0v) is 9.77. The fourth-order valence-corrected chi connectivity index (χ4v) is 1.38. The summed E-state index contributed by atoms with van der Waals surface area (Å²) in [5, 5.41) is 17.5. The normalized spacial score (nSPS) is 12.1. The molecule has 0 aliphatic carbocycles. The number of nitriles is 1. The average Bonchev–Trinajstić information content (AvgIpc) is 2.26. The maximum absolute atomic E-state index is 8.90. The molecule has 0 saturated heterocycles. The topological polar surface area (TPSA) is 53.2 Å². The van der Waals surface area contributed by atoms with E-state index in [2.05, 4.69) is 22.0 Å². The van der Waals surface area contributed by atoms with Gasteiger partial charge in [-0.3, -0.25) is 0 Å². The Kier molecular flexibility index (Phi) is 5.33. The summed E-state index contributed by atoms with van der Waals surface area (Å²) in [6, 6.07) is 9.51. The monoisotopic (exact) mass is 269 g/mol. The highest BCUT2D eigenvalue weighted by atomic mass is 79.9. The van der Waals surface area contributed by atoms with Crippen LogP contribution in [0.25, 0.3) is 0 Å². The Bertz CT molecular complexity index is 331. The number of halogens is 1. The van der Waals surface area contributed by atoms with Crippen LogP contribution < -0.4 is 0 Å². The number of aliphatic hydroxyl groups is 1. The minimum absolute atomic E-state index is 0.0818. The van der Waals surface area contributed by atoms with E-state index in [0.717, 1.165) is 10.0 Å². The third-order valence-corrected chi connectivity index (χ3v) is 2.41. The molecule has 3 nitrogen and oxygen atoms in total. The SMILES string of the molecule is N#CC(OCCCO)c1ccc(Br)cc1. The van der Waals surface area contributed by atoms with Gasteiger partial charge in [-0.1, -0.05) is 28.1 Å². The Morgan fingerprint density at radius 2 is 2.07 bits per heavy atom. The summed E-state index contributed by atoms with van der Waals surface area (Å²) >= 11 is 3.32. The van der Waals surface area contributed by atoms with Crippen molar-refractivity contribution in [1.82, 2.24) is 0 Å². The van der Waals surface area contributed by atoms with Gasteiger partial charge in [-0.15, -0.1) is 0 Å². The number of aliphatic hydroxyl groups excluding tert-OH is 1. The zero-order valence-electron chi connectivity index (χ0n) is 8.19. The number of rotatable bonds is 5. The van der Waals surface area contributed by atoms with E-state index >= 15 is 0 Å². The van der Waals surface area contributed by atoms with Crippen LogP contribution in [0.15, 0.2) is 28.7 Å². The Labute approximate surface area is 97.4 Å². The van der Waals surface area contributed by atoms with Gasteiger partial charge in [0.1, 0.15) is 0 Å². The second kappa shape index (κ2) is 6.57. The quantitative estimate of drug-likeness (QED) is 0.836. The summed E-state index contributed by atoms with van der Waals surface area (Å²) in [7, 11) is 0. The first-order valence-electron chi connectivity index (χ1n) is 4.65. The maximum Gasteiger partial charge on any atom is 0.169 e. The summed E-state index contributed by atoms with van der Waals surface area (Å²) in [6.45, 7) is 0.475. The number of nitrogens with zero attached hydrogens (tertiary/aromatic N) is 1. The smallest absolute Gasteiger partial charge is 0.169 e. The lowest BCUT2D eigenvalue weighted by atomic mass is 10.1. The van der Waals surface area contributed by atoms with Crippen molar-refractivity contribution in [2.45, 2.75) is 12.5 Å². The van der Waals surface area contributed by atoms with Crippen molar-refractivity contribution in [3.05, 3.63) is 34.3 Å². The van der Waals surface area contributed by atoms with Crippen LogP contribution in [0, 0.1) is 11.3 Å². The molecule has 1 N–H and O–H groups in total. The number of hydrogen-bond donors (Lipinski definition) is 1. The molecule has 0 aromatic heterocycles. The van der Waals surface area contributed by atoms with Gasteiger partial charge in [0.05, 0.1) is 12.7 Å². The molecule has 0 bridgehead atoms. The van der Waals surface area contributed by atoms with Crippen molar-refractivity contribution in [2.24, 2.45) is 0 Å². The van der Waals surface area contributed by atoms with E-state index in [0.29, 0.717) is 13.0 Å². The van der Waals surface area contributed by atoms with Gasteiger partial charge in [0.25, 0.3) is 0 Å². The maximum atomic E-state index is 8.90. The molecule has 0 aliphatic heterocycles. The highest BCUT2D eigenvalue weighted by molar-refractivity contribution is 9.10. The van der Waals surface area contributed by atoms with Gasteiger partial charge in [-0.05, 0) is 24.1 Å². The average molecular weight is 270 g/mol. The summed E-state index contributed by atoms with van der Waals surface area (Å²) in [6.07, 6.45) is -0.000944. The second-order valence-corrected chi connectivity index (χ2v) is 3.92. The van der Waals surface area contributed by atoms with Crippen LogP contribution in [0.4, 0.5) is 0 Å². The lowest BCUT2D eigenvalue weighted by Gasteiger charge is -2.10. The van der Waals surface area contributed by atoms with Gasteiger partial charge in [0.2, 0.25) is 0 Å². The highest BCUT2D eigenvalue weighted by Gasteiger charge is 2.09. The van der Waals surface area contributed by atoms with Crippen LogP contribution in [0.2, 0.25) is 0 Å². The first-order valence-corrected chi connectivity index (χ1v) is 5.44. The van der Waals surface area contributed by atoms with E-state index in [1.165, 1.54) is 0 Å². The molecule has 1 rings (SSSR count). The minimum Gasteiger partial charge on any atom is -0.396 e. The van der Waals surface area contributed by atoms with E-state index in [9.17, 15) is 0 Å². The fraction of sp³-hybridized carbons (Fsp3) is 0.364. The Morgan fingerprint density at radius 1 is 1.40 bits per heavy atom. The number of hydrogen-bond acceptors (Lipinski definition) is 3. The van der Waals surface area contributed by atoms with E-state index in [1.54, 1.807) is 0 Å². The molecular weight excluding hydrogens is 258 g/mol. The van der Waals surface area contributed by atoms with Gasteiger partial charge < -0.3 is 9.84 Å². The molecular formula is C11H12BrNO2. The number of benzene rings is 1. The predicted octanol–water partition coefficient (Wildman–Crippen LogP) is 2.41. The molecule has 80 valence electrons. The molecule has 1 atom stereocenters. The molecule has 0 spiro atoms. The lowest BCUT2D eigenvalue weighted by molar-refractivity contribution is 0.0774. The van der Waals surface area contributed by atoms with Gasteiger partial charge >= 0.3 is 0 Å². The third-order valence-electron chi connectivity index (χ3n) is 1.88. The van der Waals surface area contributed by atoms with Gasteiger partial charge in [-0.2, -0.15) is 5.26 Å². The molecule has 15 heavy (non-hydrogen) atoms. The summed E-state index contributed by atoms with van der Waals surface area (Å²) in [5.41, 5.74) is 0.832. The lowest BCUT2D eigenvalue weighted by Crippen LogP contribution is -2.04.